The molecule has 0 spiro atoms. The third-order valence-corrected chi connectivity index (χ3v) is 5.58. The largest absolute Gasteiger partial charge is 0.316 e. The van der Waals surface area contributed by atoms with Gasteiger partial charge in [-0.25, -0.2) is 4.39 Å². The van der Waals surface area contributed by atoms with Crippen molar-refractivity contribution in [3.63, 3.8) is 0 Å². The third-order valence-electron chi connectivity index (χ3n) is 3.45. The Labute approximate surface area is 155 Å². The van der Waals surface area contributed by atoms with E-state index in [1.165, 1.54) is 35.6 Å². The lowest BCUT2D eigenvalue weighted by molar-refractivity contribution is 0.0998. The molecule has 2 aromatic carbocycles. The van der Waals surface area contributed by atoms with Gasteiger partial charge in [-0.1, -0.05) is 27.3 Å². The van der Waals surface area contributed by atoms with Crippen LogP contribution in [0.1, 0.15) is 10.4 Å². The fraction of sp³-hybridized carbons (Fsp3) is 0.176. The van der Waals surface area contributed by atoms with Gasteiger partial charge < -0.3 is 4.57 Å². The van der Waals surface area contributed by atoms with Crippen molar-refractivity contribution in [1.29, 1.82) is 0 Å². The lowest BCUT2D eigenvalue weighted by atomic mass is 10.2. The first-order valence-corrected chi connectivity index (χ1v) is 10.2. The summed E-state index contributed by atoms with van der Waals surface area (Å²) in [5, 5.41) is 0. The Balaban J connectivity index is 2.09. The van der Waals surface area contributed by atoms with Crippen molar-refractivity contribution in [2.24, 2.45) is 4.99 Å². The Bertz CT molecular complexity index is 947. The van der Waals surface area contributed by atoms with E-state index in [1.54, 1.807) is 11.8 Å². The minimum atomic E-state index is -0.367. The number of hydrogen-bond donors (Lipinski definition) is 0. The molecule has 7 heteroatoms. The molecule has 1 aromatic heterocycles. The molecule has 3 rings (SSSR count). The Morgan fingerprint density at radius 2 is 2.04 bits per heavy atom. The van der Waals surface area contributed by atoms with Crippen molar-refractivity contribution in [3.05, 3.63) is 63.1 Å². The minimum Gasteiger partial charge on any atom is -0.316 e. The van der Waals surface area contributed by atoms with Crippen LogP contribution in [0.25, 0.3) is 10.2 Å². The molecule has 0 aliphatic rings. The molecule has 0 atom stereocenters. The van der Waals surface area contributed by atoms with Crippen molar-refractivity contribution in [2.75, 3.05) is 12.0 Å². The molecular formula is C17H14BrFN2OS2. The number of carbonyl (C=O) groups excluding carboxylic acids is 1. The zero-order valence-electron chi connectivity index (χ0n) is 12.8. The average Bonchev–Trinajstić information content (AvgIpc) is 2.89. The van der Waals surface area contributed by atoms with Gasteiger partial charge in [-0.15, -0.1) is 0 Å². The van der Waals surface area contributed by atoms with Crippen LogP contribution in [0.4, 0.5) is 4.39 Å². The van der Waals surface area contributed by atoms with Gasteiger partial charge in [0.1, 0.15) is 5.82 Å². The van der Waals surface area contributed by atoms with Crippen LogP contribution in [-0.2, 0) is 6.54 Å². The highest BCUT2D eigenvalue weighted by Gasteiger charge is 2.09. The maximum atomic E-state index is 13.0. The summed E-state index contributed by atoms with van der Waals surface area (Å²) >= 11 is 6.69. The van der Waals surface area contributed by atoms with E-state index in [2.05, 4.69) is 25.5 Å². The van der Waals surface area contributed by atoms with E-state index < -0.39 is 0 Å². The topological polar surface area (TPSA) is 34.4 Å². The number of rotatable bonds is 4. The number of carbonyl (C=O) groups is 1. The van der Waals surface area contributed by atoms with Crippen molar-refractivity contribution in [1.82, 2.24) is 4.57 Å². The predicted octanol–water partition coefficient (Wildman–Crippen LogP) is 4.71. The number of aryl methyl sites for hydroxylation is 1. The highest BCUT2D eigenvalue weighted by atomic mass is 79.9. The number of thiazole rings is 1. The first kappa shape index (κ1) is 17.4. The summed E-state index contributed by atoms with van der Waals surface area (Å²) in [5.41, 5.74) is 1.44. The van der Waals surface area contributed by atoms with E-state index in [4.69, 9.17) is 0 Å². The molecule has 3 nitrogen and oxygen atoms in total. The van der Waals surface area contributed by atoms with E-state index in [1.807, 2.05) is 24.5 Å². The van der Waals surface area contributed by atoms with E-state index in [9.17, 15) is 9.18 Å². The molecule has 0 aliphatic carbocycles. The third kappa shape index (κ3) is 3.79. The smallest absolute Gasteiger partial charge is 0.279 e. The molecule has 1 amide bonds. The summed E-state index contributed by atoms with van der Waals surface area (Å²) in [6.45, 7) is 0.776. The van der Waals surface area contributed by atoms with E-state index in [0.29, 0.717) is 10.4 Å². The maximum Gasteiger partial charge on any atom is 0.279 e. The minimum absolute atomic E-state index is 0.362. The summed E-state index contributed by atoms with van der Waals surface area (Å²) < 4.78 is 17.1. The molecule has 0 N–H and O–H groups in total. The number of amides is 1. The summed E-state index contributed by atoms with van der Waals surface area (Å²) in [5.74, 6) is 0.201. The maximum absolute atomic E-state index is 13.0. The summed E-state index contributed by atoms with van der Waals surface area (Å²) in [6, 6.07) is 11.5. The fourth-order valence-electron chi connectivity index (χ4n) is 2.27. The fourth-order valence-corrected chi connectivity index (χ4v) is 4.25. The van der Waals surface area contributed by atoms with Crippen LogP contribution in [0.5, 0.6) is 0 Å². The molecule has 0 radical (unpaired) electrons. The highest BCUT2D eigenvalue weighted by molar-refractivity contribution is 9.10. The van der Waals surface area contributed by atoms with Crippen LogP contribution in [0.15, 0.2) is 51.9 Å². The summed E-state index contributed by atoms with van der Waals surface area (Å²) in [4.78, 5) is 17.3. The molecular weight excluding hydrogens is 411 g/mol. The van der Waals surface area contributed by atoms with Gasteiger partial charge in [-0.2, -0.15) is 16.8 Å². The SMILES string of the molecule is CSCCn1c(=NC(=O)c2ccc(F)cc2)sc2cc(Br)ccc21. The lowest BCUT2D eigenvalue weighted by Crippen LogP contribution is -2.18. The Morgan fingerprint density at radius 3 is 2.75 bits per heavy atom. The molecule has 0 saturated carbocycles. The van der Waals surface area contributed by atoms with Gasteiger partial charge in [0.15, 0.2) is 4.80 Å². The second-order valence-corrected chi connectivity index (χ2v) is 7.98. The van der Waals surface area contributed by atoms with Gasteiger partial charge in [-0.05, 0) is 48.7 Å². The van der Waals surface area contributed by atoms with E-state index >= 15 is 0 Å². The molecule has 0 saturated heterocycles. The number of fused-ring (bicyclic) bond motifs is 1. The van der Waals surface area contributed by atoms with Gasteiger partial charge in [-0.3, -0.25) is 4.79 Å². The number of thioether (sulfide) groups is 1. The highest BCUT2D eigenvalue weighted by Crippen LogP contribution is 2.22. The first-order chi connectivity index (χ1) is 11.6. The second kappa shape index (κ2) is 7.63. The van der Waals surface area contributed by atoms with Gasteiger partial charge in [0.25, 0.3) is 5.91 Å². The van der Waals surface area contributed by atoms with Gasteiger partial charge in [0, 0.05) is 22.3 Å². The number of halogens is 2. The molecule has 0 unspecified atom stereocenters. The van der Waals surface area contributed by atoms with Crippen molar-refractivity contribution in [3.8, 4) is 0 Å². The van der Waals surface area contributed by atoms with Crippen molar-refractivity contribution >= 4 is 55.2 Å². The van der Waals surface area contributed by atoms with Gasteiger partial charge >= 0.3 is 0 Å². The van der Waals surface area contributed by atoms with Gasteiger partial charge in [0.05, 0.1) is 10.2 Å². The van der Waals surface area contributed by atoms with Crippen LogP contribution >= 0.6 is 39.0 Å². The number of nitrogens with zero attached hydrogens (tertiary/aromatic N) is 2. The number of aromatic nitrogens is 1. The number of benzene rings is 2. The molecule has 3 aromatic rings. The first-order valence-electron chi connectivity index (χ1n) is 7.21. The van der Waals surface area contributed by atoms with E-state index in [0.717, 1.165) is 27.0 Å². The van der Waals surface area contributed by atoms with Crippen LogP contribution < -0.4 is 4.80 Å². The van der Waals surface area contributed by atoms with Crippen molar-refractivity contribution in [2.45, 2.75) is 6.54 Å². The second-order valence-electron chi connectivity index (χ2n) is 5.06. The van der Waals surface area contributed by atoms with Crippen LogP contribution in [-0.4, -0.2) is 22.5 Å². The molecule has 0 aliphatic heterocycles. The molecule has 124 valence electrons. The molecule has 0 fully saturated rings. The quantitative estimate of drug-likeness (QED) is 0.607. The van der Waals surface area contributed by atoms with Crippen molar-refractivity contribution < 1.29 is 9.18 Å². The Kier molecular flexibility index (Phi) is 5.53. The summed E-state index contributed by atoms with van der Waals surface area (Å²) in [7, 11) is 0. The zero-order chi connectivity index (χ0) is 17.1. The van der Waals surface area contributed by atoms with Gasteiger partial charge in [0.2, 0.25) is 0 Å². The average molecular weight is 425 g/mol. The Hall–Kier alpha value is -1.44. The molecule has 24 heavy (non-hydrogen) atoms. The predicted molar refractivity (Wildman–Crippen MR) is 102 cm³/mol. The van der Waals surface area contributed by atoms with Crippen LogP contribution in [0.3, 0.4) is 0 Å². The normalized spacial score (nSPS) is 12.0. The Morgan fingerprint density at radius 1 is 1.29 bits per heavy atom. The van der Waals surface area contributed by atoms with E-state index in [-0.39, 0.29) is 11.7 Å². The monoisotopic (exact) mass is 424 g/mol. The standard InChI is InChI=1S/C17H14BrFN2OS2/c1-23-9-8-21-14-7-4-12(18)10-15(14)24-17(21)20-16(22)11-2-5-13(19)6-3-11/h2-7,10H,8-9H2,1H3. The zero-order valence-corrected chi connectivity index (χ0v) is 16.0. The van der Waals surface area contributed by atoms with Crippen LogP contribution in [0, 0.1) is 5.82 Å². The summed E-state index contributed by atoms with van der Waals surface area (Å²) in [6.07, 6.45) is 2.05. The molecule has 1 heterocycles. The lowest BCUT2D eigenvalue weighted by Gasteiger charge is -2.03. The number of hydrogen-bond acceptors (Lipinski definition) is 3. The molecule has 0 bridgehead atoms. The van der Waals surface area contributed by atoms with Crippen LogP contribution in [0.2, 0.25) is 0 Å².